The van der Waals surface area contributed by atoms with Crippen LogP contribution in [0.4, 0.5) is 0 Å². The Bertz CT molecular complexity index is 407. The van der Waals surface area contributed by atoms with Gasteiger partial charge in [-0.15, -0.1) is 0 Å². The van der Waals surface area contributed by atoms with E-state index in [9.17, 15) is 4.79 Å². The Morgan fingerprint density at radius 1 is 1.40 bits per heavy atom. The minimum Gasteiger partial charge on any atom is -0.496 e. The molecule has 0 bridgehead atoms. The zero-order valence-electron chi connectivity index (χ0n) is 8.53. The van der Waals surface area contributed by atoms with Gasteiger partial charge < -0.3 is 9.47 Å². The summed E-state index contributed by atoms with van der Waals surface area (Å²) in [5, 5.41) is 0. The minimum absolute atomic E-state index is 0.459. The Balaban J connectivity index is 2.46. The fourth-order valence-electron chi connectivity index (χ4n) is 1.87. The lowest BCUT2D eigenvalue weighted by Gasteiger charge is -2.18. The predicted octanol–water partition coefficient (Wildman–Crippen LogP) is 2.16. The first kappa shape index (κ1) is 9.77. The summed E-state index contributed by atoms with van der Waals surface area (Å²) < 4.78 is 10.2. The molecule has 0 atom stereocenters. The van der Waals surface area contributed by atoms with Gasteiger partial charge in [-0.1, -0.05) is 12.1 Å². The van der Waals surface area contributed by atoms with Gasteiger partial charge in [-0.05, 0) is 25.0 Å². The molecule has 78 valence electrons. The molecule has 0 unspecified atom stereocenters. The van der Waals surface area contributed by atoms with E-state index >= 15 is 0 Å². The molecule has 3 nitrogen and oxygen atoms in total. The minimum atomic E-state index is 0.459. The van der Waals surface area contributed by atoms with Crippen LogP contribution in [-0.2, 0) is 16.0 Å². The third-order valence-electron chi connectivity index (χ3n) is 2.52. The van der Waals surface area contributed by atoms with Crippen LogP contribution in [0.2, 0.25) is 0 Å². The number of rotatable bonds is 3. The fourth-order valence-corrected chi connectivity index (χ4v) is 1.87. The molecule has 0 saturated heterocycles. The van der Waals surface area contributed by atoms with E-state index in [4.69, 9.17) is 9.47 Å². The smallest absolute Gasteiger partial charge is 0.298 e. The Morgan fingerprint density at radius 2 is 2.27 bits per heavy atom. The molecule has 0 saturated carbocycles. The Hall–Kier alpha value is -1.77. The maximum absolute atomic E-state index is 10.3. The van der Waals surface area contributed by atoms with Gasteiger partial charge >= 0.3 is 0 Å². The maximum Gasteiger partial charge on any atom is 0.298 e. The SMILES string of the molecule is COc1cccc2c1CCC=C2OC=O. The quantitative estimate of drug-likeness (QED) is 0.708. The average Bonchev–Trinajstić information content (AvgIpc) is 2.29. The molecule has 0 N–H and O–H groups in total. The molecule has 0 heterocycles. The zero-order chi connectivity index (χ0) is 10.7. The first-order valence-corrected chi connectivity index (χ1v) is 4.83. The molecular formula is C12H12O3. The van der Waals surface area contributed by atoms with Crippen molar-refractivity contribution < 1.29 is 14.3 Å². The lowest BCUT2D eigenvalue weighted by atomic mass is 9.95. The van der Waals surface area contributed by atoms with E-state index in [2.05, 4.69) is 0 Å². The summed E-state index contributed by atoms with van der Waals surface area (Å²) in [4.78, 5) is 10.3. The van der Waals surface area contributed by atoms with Crippen LogP contribution in [0.15, 0.2) is 24.3 Å². The van der Waals surface area contributed by atoms with Gasteiger partial charge in [0, 0.05) is 11.1 Å². The number of carbonyl (C=O) groups is 1. The largest absolute Gasteiger partial charge is 0.496 e. The molecule has 1 aliphatic carbocycles. The van der Waals surface area contributed by atoms with E-state index in [1.165, 1.54) is 0 Å². The van der Waals surface area contributed by atoms with Gasteiger partial charge in [0.15, 0.2) is 0 Å². The van der Waals surface area contributed by atoms with Gasteiger partial charge in [0.1, 0.15) is 11.5 Å². The lowest BCUT2D eigenvalue weighted by molar-refractivity contribution is -0.122. The molecule has 1 aromatic rings. The highest BCUT2D eigenvalue weighted by Gasteiger charge is 2.16. The molecule has 1 aliphatic rings. The summed E-state index contributed by atoms with van der Waals surface area (Å²) in [6.07, 6.45) is 3.72. The number of hydrogen-bond acceptors (Lipinski definition) is 3. The molecule has 3 heteroatoms. The van der Waals surface area contributed by atoms with Crippen LogP contribution in [0, 0.1) is 0 Å². The summed E-state index contributed by atoms with van der Waals surface area (Å²) in [7, 11) is 1.65. The molecule has 0 amide bonds. The third-order valence-corrected chi connectivity index (χ3v) is 2.52. The molecule has 15 heavy (non-hydrogen) atoms. The summed E-state index contributed by atoms with van der Waals surface area (Å²) in [6.45, 7) is 0.459. The Morgan fingerprint density at radius 3 is 3.00 bits per heavy atom. The van der Waals surface area contributed by atoms with Gasteiger partial charge in [-0.2, -0.15) is 0 Å². The summed E-state index contributed by atoms with van der Waals surface area (Å²) in [5.74, 6) is 1.48. The Kier molecular flexibility index (Phi) is 2.72. The van der Waals surface area contributed by atoms with Gasteiger partial charge in [-0.3, -0.25) is 4.79 Å². The second-order valence-electron chi connectivity index (χ2n) is 3.31. The molecule has 2 rings (SSSR count). The first-order valence-electron chi connectivity index (χ1n) is 4.83. The van der Waals surface area contributed by atoms with Crippen molar-refractivity contribution in [2.75, 3.05) is 7.11 Å². The number of ether oxygens (including phenoxy) is 2. The van der Waals surface area contributed by atoms with Gasteiger partial charge in [0.25, 0.3) is 6.47 Å². The van der Waals surface area contributed by atoms with E-state index < -0.39 is 0 Å². The van der Waals surface area contributed by atoms with Crippen molar-refractivity contribution in [1.82, 2.24) is 0 Å². The highest BCUT2D eigenvalue weighted by molar-refractivity contribution is 5.71. The fraction of sp³-hybridized carbons (Fsp3) is 0.250. The van der Waals surface area contributed by atoms with E-state index in [0.29, 0.717) is 12.2 Å². The van der Waals surface area contributed by atoms with Gasteiger partial charge in [0.05, 0.1) is 7.11 Å². The number of carbonyl (C=O) groups excluding carboxylic acids is 1. The molecular weight excluding hydrogens is 192 g/mol. The van der Waals surface area contributed by atoms with E-state index in [1.54, 1.807) is 7.11 Å². The highest BCUT2D eigenvalue weighted by Crippen LogP contribution is 2.32. The zero-order valence-corrected chi connectivity index (χ0v) is 8.53. The molecule has 0 spiro atoms. The molecule has 0 radical (unpaired) electrons. The molecule has 1 aromatic carbocycles. The van der Waals surface area contributed by atoms with E-state index in [-0.39, 0.29) is 0 Å². The van der Waals surface area contributed by atoms with Crippen molar-refractivity contribution in [3.05, 3.63) is 35.4 Å². The predicted molar refractivity (Wildman–Crippen MR) is 56.4 cm³/mol. The maximum atomic E-state index is 10.3. The second-order valence-corrected chi connectivity index (χ2v) is 3.31. The van der Waals surface area contributed by atoms with Crippen LogP contribution < -0.4 is 4.74 Å². The van der Waals surface area contributed by atoms with Crippen LogP contribution in [0.25, 0.3) is 5.76 Å². The van der Waals surface area contributed by atoms with E-state index in [0.717, 1.165) is 29.7 Å². The Labute approximate surface area is 88.3 Å². The lowest BCUT2D eigenvalue weighted by Crippen LogP contribution is -2.04. The number of fused-ring (bicyclic) bond motifs is 1. The highest BCUT2D eigenvalue weighted by atomic mass is 16.5. The van der Waals surface area contributed by atoms with Crippen molar-refractivity contribution in [2.45, 2.75) is 12.8 Å². The van der Waals surface area contributed by atoms with Crippen LogP contribution in [-0.4, -0.2) is 13.6 Å². The second kappa shape index (κ2) is 4.17. The summed E-state index contributed by atoms with van der Waals surface area (Å²) in [5.41, 5.74) is 2.06. The molecule has 0 aliphatic heterocycles. The van der Waals surface area contributed by atoms with Gasteiger partial charge in [-0.25, -0.2) is 0 Å². The number of hydrogen-bond donors (Lipinski definition) is 0. The summed E-state index contributed by atoms with van der Waals surface area (Å²) in [6, 6.07) is 5.75. The van der Waals surface area contributed by atoms with Crippen LogP contribution >= 0.6 is 0 Å². The van der Waals surface area contributed by atoms with Gasteiger partial charge in [0.2, 0.25) is 0 Å². The van der Waals surface area contributed by atoms with Crippen LogP contribution in [0.3, 0.4) is 0 Å². The first-order chi connectivity index (χ1) is 7.36. The normalized spacial score (nSPS) is 13.8. The van der Waals surface area contributed by atoms with Crippen molar-refractivity contribution >= 4 is 12.2 Å². The van der Waals surface area contributed by atoms with Crippen molar-refractivity contribution in [2.24, 2.45) is 0 Å². The van der Waals surface area contributed by atoms with Crippen LogP contribution in [0.5, 0.6) is 5.75 Å². The summed E-state index contributed by atoms with van der Waals surface area (Å²) >= 11 is 0. The van der Waals surface area contributed by atoms with E-state index in [1.807, 2.05) is 24.3 Å². The van der Waals surface area contributed by atoms with Crippen molar-refractivity contribution in [3.8, 4) is 5.75 Å². The third kappa shape index (κ3) is 1.73. The number of benzene rings is 1. The standard InChI is InChI=1S/C12H12O3/c1-14-11-6-2-5-10-9(11)4-3-7-12(10)15-8-13/h2,5-8H,3-4H2,1H3. The number of methoxy groups -OCH3 is 1. The molecule has 0 aromatic heterocycles. The van der Waals surface area contributed by atoms with Crippen molar-refractivity contribution in [1.29, 1.82) is 0 Å². The monoisotopic (exact) mass is 204 g/mol. The topological polar surface area (TPSA) is 35.5 Å². The average molecular weight is 204 g/mol. The number of allylic oxidation sites excluding steroid dienone is 1. The van der Waals surface area contributed by atoms with Crippen molar-refractivity contribution in [3.63, 3.8) is 0 Å². The molecule has 0 fully saturated rings. The van der Waals surface area contributed by atoms with Crippen LogP contribution in [0.1, 0.15) is 17.5 Å².